The highest BCUT2D eigenvalue weighted by Crippen LogP contribution is 2.30. The molecule has 3 rings (SSSR count). The van der Waals surface area contributed by atoms with Crippen molar-refractivity contribution in [3.05, 3.63) is 63.8 Å². The highest BCUT2D eigenvalue weighted by molar-refractivity contribution is 9.10. The van der Waals surface area contributed by atoms with Crippen molar-refractivity contribution in [1.29, 1.82) is 0 Å². The molecule has 0 atom stereocenters. The second kappa shape index (κ2) is 7.28. The van der Waals surface area contributed by atoms with Gasteiger partial charge >= 0.3 is 5.97 Å². The third-order valence-corrected chi connectivity index (χ3v) is 6.20. The minimum absolute atomic E-state index is 0.0399. The second-order valence-corrected chi connectivity index (χ2v) is 8.43. The van der Waals surface area contributed by atoms with Crippen LogP contribution in [0.15, 0.2) is 52.0 Å². The molecule has 0 amide bonds. The Bertz CT molecular complexity index is 1160. The Balaban J connectivity index is 2.03. The summed E-state index contributed by atoms with van der Waals surface area (Å²) in [5.74, 6) is -0.268. The molecular weight excluding hydrogens is 432 g/mol. The number of esters is 1. The lowest BCUT2D eigenvalue weighted by atomic mass is 10.1. The molecule has 8 heteroatoms. The van der Waals surface area contributed by atoms with Crippen LogP contribution in [0.1, 0.15) is 21.5 Å². The number of aryl methyl sites for hydroxylation is 2. The summed E-state index contributed by atoms with van der Waals surface area (Å²) in [6.45, 7) is 3.46. The smallest absolute Gasteiger partial charge is 0.338 e. The fourth-order valence-corrected chi connectivity index (χ4v) is 4.46. The monoisotopic (exact) mass is 448 g/mol. The normalized spacial score (nSPS) is 11.4. The summed E-state index contributed by atoms with van der Waals surface area (Å²) in [5, 5.41) is 1.80. The Morgan fingerprint density at radius 1 is 1.11 bits per heavy atom. The molecule has 0 fully saturated rings. The highest BCUT2D eigenvalue weighted by atomic mass is 79.9. The van der Waals surface area contributed by atoms with Crippen molar-refractivity contribution in [2.24, 2.45) is 0 Å². The van der Waals surface area contributed by atoms with Crippen molar-refractivity contribution in [1.82, 2.24) is 4.98 Å². The van der Waals surface area contributed by atoms with Crippen molar-refractivity contribution in [2.75, 3.05) is 11.8 Å². The zero-order chi connectivity index (χ0) is 19.8. The number of hydrogen-bond acceptors (Lipinski definition) is 5. The number of rotatable bonds is 4. The van der Waals surface area contributed by atoms with Gasteiger partial charge in [-0.25, -0.2) is 18.2 Å². The summed E-state index contributed by atoms with van der Waals surface area (Å²) in [5.41, 5.74) is 1.55. The van der Waals surface area contributed by atoms with Gasteiger partial charge in [0.2, 0.25) is 0 Å². The topological polar surface area (TPSA) is 85.4 Å². The molecule has 0 unspecified atom stereocenters. The van der Waals surface area contributed by atoms with Crippen LogP contribution in [0, 0.1) is 13.8 Å². The number of carbonyl (C=O) groups is 1. The fraction of sp³-hybridized carbons (Fsp3) is 0.158. The number of aromatic nitrogens is 1. The Morgan fingerprint density at radius 2 is 1.78 bits per heavy atom. The molecule has 0 saturated heterocycles. The number of nitrogens with one attached hydrogen (secondary N) is 1. The second-order valence-electron chi connectivity index (χ2n) is 6.00. The Morgan fingerprint density at radius 3 is 2.41 bits per heavy atom. The van der Waals surface area contributed by atoms with Gasteiger partial charge in [0.15, 0.2) is 0 Å². The quantitative estimate of drug-likeness (QED) is 0.477. The van der Waals surface area contributed by atoms with Crippen LogP contribution in [-0.4, -0.2) is 26.5 Å². The van der Waals surface area contributed by atoms with Gasteiger partial charge in [-0.3, -0.25) is 4.72 Å². The van der Waals surface area contributed by atoms with E-state index in [4.69, 9.17) is 0 Å². The van der Waals surface area contributed by atoms with Crippen LogP contribution in [0.3, 0.4) is 0 Å². The average Bonchev–Trinajstić information content (AvgIpc) is 2.65. The summed E-state index contributed by atoms with van der Waals surface area (Å²) >= 11 is 3.39. The number of benzene rings is 2. The third-order valence-electron chi connectivity index (χ3n) is 4.26. The summed E-state index contributed by atoms with van der Waals surface area (Å²) in [6, 6.07) is 11.8. The van der Waals surface area contributed by atoms with E-state index in [9.17, 15) is 13.2 Å². The van der Waals surface area contributed by atoms with Gasteiger partial charge in [-0.05, 0) is 58.9 Å². The number of fused-ring (bicyclic) bond motifs is 1. The van der Waals surface area contributed by atoms with Gasteiger partial charge < -0.3 is 4.74 Å². The van der Waals surface area contributed by atoms with E-state index in [1.54, 1.807) is 6.92 Å². The van der Waals surface area contributed by atoms with E-state index >= 15 is 0 Å². The van der Waals surface area contributed by atoms with Crippen LogP contribution in [0.2, 0.25) is 0 Å². The summed E-state index contributed by atoms with van der Waals surface area (Å²) in [4.78, 5) is 16.1. The number of hydrogen-bond donors (Lipinski definition) is 1. The minimum Gasteiger partial charge on any atom is -0.465 e. The first-order valence-corrected chi connectivity index (χ1v) is 10.3. The maximum absolute atomic E-state index is 12.8. The third kappa shape index (κ3) is 3.68. The lowest BCUT2D eigenvalue weighted by Crippen LogP contribution is -2.16. The largest absolute Gasteiger partial charge is 0.465 e. The highest BCUT2D eigenvalue weighted by Gasteiger charge is 2.20. The van der Waals surface area contributed by atoms with E-state index < -0.39 is 16.0 Å². The molecule has 1 N–H and O–H groups in total. The fourth-order valence-electron chi connectivity index (χ4n) is 2.79. The van der Waals surface area contributed by atoms with Crippen molar-refractivity contribution >= 4 is 48.5 Å². The van der Waals surface area contributed by atoms with E-state index in [0.717, 1.165) is 16.3 Å². The number of carbonyl (C=O) groups excluding carboxylic acids is 1. The maximum Gasteiger partial charge on any atom is 0.338 e. The molecule has 140 valence electrons. The molecular formula is C19H17BrN2O4S. The van der Waals surface area contributed by atoms with Crippen molar-refractivity contribution in [3.8, 4) is 0 Å². The van der Waals surface area contributed by atoms with Gasteiger partial charge in [-0.2, -0.15) is 0 Å². The van der Waals surface area contributed by atoms with Crippen LogP contribution in [0.4, 0.5) is 5.82 Å². The van der Waals surface area contributed by atoms with Crippen LogP contribution >= 0.6 is 15.9 Å². The predicted octanol–water partition coefficient (Wildman–Crippen LogP) is 4.20. The molecule has 0 bridgehead atoms. The first-order valence-electron chi connectivity index (χ1n) is 8.01. The Labute approximate surface area is 165 Å². The van der Waals surface area contributed by atoms with E-state index in [-0.39, 0.29) is 10.7 Å². The SMILES string of the molecule is COC(=O)c1ccc(S(=O)(=O)Nc2nc(Br)c3ccccc3c2C)cc1C. The molecule has 3 aromatic rings. The molecule has 6 nitrogen and oxygen atoms in total. The van der Waals surface area contributed by atoms with Gasteiger partial charge in [0.25, 0.3) is 10.0 Å². The Kier molecular flexibility index (Phi) is 5.21. The molecule has 0 aliphatic carbocycles. The lowest BCUT2D eigenvalue weighted by Gasteiger charge is -2.14. The zero-order valence-electron chi connectivity index (χ0n) is 14.9. The minimum atomic E-state index is -3.88. The van der Waals surface area contributed by atoms with E-state index in [2.05, 4.69) is 30.4 Å². The van der Waals surface area contributed by atoms with Crippen LogP contribution in [0.25, 0.3) is 10.8 Å². The average molecular weight is 449 g/mol. The zero-order valence-corrected chi connectivity index (χ0v) is 17.3. The van der Waals surface area contributed by atoms with Gasteiger partial charge in [0.05, 0.1) is 17.6 Å². The van der Waals surface area contributed by atoms with Crippen LogP contribution < -0.4 is 4.72 Å². The lowest BCUT2D eigenvalue weighted by molar-refractivity contribution is 0.0600. The molecule has 0 saturated carbocycles. The Hall–Kier alpha value is -2.45. The van der Waals surface area contributed by atoms with Gasteiger partial charge in [-0.15, -0.1) is 0 Å². The standard InChI is InChI=1S/C19H17BrN2O4S/c1-11-10-13(8-9-14(11)19(23)26-3)27(24,25)22-18-12(2)15-6-4-5-7-16(15)17(20)21-18/h4-10H,1-3H3,(H,21,22). The van der Waals surface area contributed by atoms with Crippen LogP contribution in [0.5, 0.6) is 0 Å². The number of sulfonamides is 1. The first-order chi connectivity index (χ1) is 12.7. The summed E-state index contributed by atoms with van der Waals surface area (Å²) in [7, 11) is -2.60. The van der Waals surface area contributed by atoms with E-state index in [1.165, 1.54) is 25.3 Å². The molecule has 2 aromatic carbocycles. The van der Waals surface area contributed by atoms with Crippen molar-refractivity contribution < 1.29 is 17.9 Å². The van der Waals surface area contributed by atoms with E-state index in [1.807, 2.05) is 31.2 Å². The predicted molar refractivity (Wildman–Crippen MR) is 108 cm³/mol. The molecule has 0 aliphatic rings. The first kappa shape index (κ1) is 19.3. The molecule has 1 heterocycles. The van der Waals surface area contributed by atoms with Crippen molar-refractivity contribution in [3.63, 3.8) is 0 Å². The van der Waals surface area contributed by atoms with E-state index in [0.29, 0.717) is 15.7 Å². The number of halogens is 1. The maximum atomic E-state index is 12.8. The van der Waals surface area contributed by atoms with Gasteiger partial charge in [-0.1, -0.05) is 24.3 Å². The number of pyridine rings is 1. The molecule has 1 aromatic heterocycles. The molecule has 0 radical (unpaired) electrons. The summed E-state index contributed by atoms with van der Waals surface area (Å²) in [6.07, 6.45) is 0. The van der Waals surface area contributed by atoms with Gasteiger partial charge in [0, 0.05) is 10.9 Å². The molecule has 27 heavy (non-hydrogen) atoms. The number of ether oxygens (including phenoxy) is 1. The number of anilines is 1. The number of methoxy groups -OCH3 is 1. The molecule has 0 spiro atoms. The van der Waals surface area contributed by atoms with Gasteiger partial charge in [0.1, 0.15) is 10.4 Å². The number of nitrogens with zero attached hydrogens (tertiary/aromatic N) is 1. The molecule has 0 aliphatic heterocycles. The summed E-state index contributed by atoms with van der Waals surface area (Å²) < 4.78 is 33.4. The van der Waals surface area contributed by atoms with Crippen LogP contribution in [-0.2, 0) is 14.8 Å². The van der Waals surface area contributed by atoms with Crippen molar-refractivity contribution in [2.45, 2.75) is 18.7 Å².